The Morgan fingerprint density at radius 2 is 1.67 bits per heavy atom. The Labute approximate surface area is 356 Å². The van der Waals surface area contributed by atoms with Gasteiger partial charge in [0, 0.05) is 68.1 Å². The smallest absolute Gasteiger partial charge is 0.342 e. The number of aromatic nitrogens is 1. The van der Waals surface area contributed by atoms with Gasteiger partial charge in [-0.3, -0.25) is 19.2 Å². The number of phenolic OH excluding ortho intramolecular Hbond substituents is 2. The molecule has 61 heavy (non-hydrogen) atoms. The van der Waals surface area contributed by atoms with E-state index >= 15 is 0 Å². The van der Waals surface area contributed by atoms with Crippen LogP contribution in [0.3, 0.4) is 0 Å². The molecule has 4 heterocycles. The van der Waals surface area contributed by atoms with Crippen LogP contribution in [0.4, 0.5) is 0 Å². The van der Waals surface area contributed by atoms with Crippen molar-refractivity contribution in [2.75, 3.05) is 34.4 Å². The molecule has 0 aliphatic carbocycles. The number of ketones is 1. The third-order valence-corrected chi connectivity index (χ3v) is 12.0. The van der Waals surface area contributed by atoms with Crippen LogP contribution in [0, 0.1) is 11.8 Å². The van der Waals surface area contributed by atoms with Crippen molar-refractivity contribution in [2.45, 2.75) is 109 Å². The summed E-state index contributed by atoms with van der Waals surface area (Å²) in [4.78, 5) is 69.7. The van der Waals surface area contributed by atoms with E-state index in [0.29, 0.717) is 70.1 Å². The highest BCUT2D eigenvalue weighted by Gasteiger charge is 2.39. The highest BCUT2D eigenvalue weighted by molar-refractivity contribution is 5.98. The number of carbonyl (C=O) groups is 4. The Bertz CT molecular complexity index is 2190. The van der Waals surface area contributed by atoms with E-state index in [-0.39, 0.29) is 75.4 Å². The first-order chi connectivity index (χ1) is 29.2. The minimum Gasteiger partial charge on any atom is -0.507 e. The van der Waals surface area contributed by atoms with Crippen molar-refractivity contribution in [3.8, 4) is 28.7 Å². The van der Waals surface area contributed by atoms with Crippen LogP contribution in [-0.4, -0.2) is 89.8 Å². The molecule has 328 valence electrons. The van der Waals surface area contributed by atoms with Gasteiger partial charge in [-0.1, -0.05) is 32.1 Å². The number of pyridine rings is 1. The molecule has 3 aromatic rings. The molecule has 1 aromatic heterocycles. The number of rotatable bonds is 11. The predicted molar refractivity (Wildman–Crippen MR) is 228 cm³/mol. The number of hydrogen-bond donors (Lipinski definition) is 3. The molecule has 0 spiro atoms. The van der Waals surface area contributed by atoms with E-state index in [1.165, 1.54) is 27.4 Å². The van der Waals surface area contributed by atoms with Gasteiger partial charge in [0.25, 0.3) is 5.56 Å². The molecule has 1 saturated heterocycles. The zero-order valence-electron chi connectivity index (χ0n) is 36.0. The van der Waals surface area contributed by atoms with Gasteiger partial charge in [0.2, 0.25) is 17.6 Å². The third kappa shape index (κ3) is 10.2. The van der Waals surface area contributed by atoms with E-state index in [1.807, 2.05) is 19.9 Å². The lowest BCUT2D eigenvalue weighted by Crippen LogP contribution is -2.55. The van der Waals surface area contributed by atoms with Crippen molar-refractivity contribution in [1.82, 2.24) is 14.8 Å². The summed E-state index contributed by atoms with van der Waals surface area (Å²) in [5, 5.41) is 27.0. The topological polar surface area (TPSA) is 183 Å². The van der Waals surface area contributed by atoms with Gasteiger partial charge in [0.05, 0.1) is 27.4 Å². The number of ether oxygens (including phenoxy) is 4. The summed E-state index contributed by atoms with van der Waals surface area (Å²) < 4.78 is 24.5. The number of esters is 1. The Morgan fingerprint density at radius 3 is 2.36 bits per heavy atom. The molecule has 3 N–H and O–H groups in total. The summed E-state index contributed by atoms with van der Waals surface area (Å²) in [7, 11) is 4.34. The summed E-state index contributed by atoms with van der Waals surface area (Å²) in [6.07, 6.45) is 6.53. The SMILES string of the molecule is COc1cc(C(CC(=O)N[C@@H](CC(C)C)C(=O)N2C[C@H]3C[C@@H](C2)c2cccc(=O)n2C3)c2c(O)cc3c(c2O)C(=O)O[C@@H](C)CCCC(=O)CCC/C=C/3)cc(OC)c1OC. The summed E-state index contributed by atoms with van der Waals surface area (Å²) >= 11 is 0. The Morgan fingerprint density at radius 1 is 0.951 bits per heavy atom. The zero-order chi connectivity index (χ0) is 44.0. The van der Waals surface area contributed by atoms with E-state index in [9.17, 15) is 34.2 Å². The number of fused-ring (bicyclic) bond motifs is 5. The Kier molecular flexibility index (Phi) is 14.5. The number of aromatic hydroxyl groups is 2. The summed E-state index contributed by atoms with van der Waals surface area (Å²) in [6.45, 7) is 7.04. The number of allylic oxidation sites excluding steroid dienone is 1. The number of phenols is 2. The van der Waals surface area contributed by atoms with E-state index in [1.54, 1.807) is 52.8 Å². The van der Waals surface area contributed by atoms with Crippen LogP contribution in [0.1, 0.15) is 123 Å². The monoisotopic (exact) mass is 841 g/mol. The molecule has 5 atom stereocenters. The fraction of sp³-hybridized carbons (Fsp3) is 0.511. The molecule has 0 radical (unpaired) electrons. The quantitative estimate of drug-likeness (QED) is 0.180. The molecular formula is C47H59N3O11. The number of likely N-dealkylation sites (tertiary alicyclic amines) is 1. The van der Waals surface area contributed by atoms with Gasteiger partial charge < -0.3 is 43.9 Å². The molecule has 1 fully saturated rings. The van der Waals surface area contributed by atoms with Gasteiger partial charge in [0.1, 0.15) is 28.9 Å². The summed E-state index contributed by atoms with van der Waals surface area (Å²) in [5.74, 6) is -2.65. The number of piperidine rings is 1. The lowest BCUT2D eigenvalue weighted by molar-refractivity contribution is -0.139. The Balaban J connectivity index is 1.38. The lowest BCUT2D eigenvalue weighted by Gasteiger charge is -2.43. The number of benzene rings is 2. The molecule has 2 bridgehead atoms. The van der Waals surface area contributed by atoms with E-state index in [0.717, 1.165) is 12.1 Å². The maximum Gasteiger partial charge on any atom is 0.342 e. The molecule has 6 rings (SSSR count). The largest absolute Gasteiger partial charge is 0.507 e. The number of methoxy groups -OCH3 is 3. The minimum absolute atomic E-state index is 0.0150. The van der Waals surface area contributed by atoms with E-state index in [4.69, 9.17) is 18.9 Å². The van der Waals surface area contributed by atoms with Crippen LogP contribution in [-0.2, 0) is 25.7 Å². The molecule has 2 aromatic carbocycles. The standard InChI is InChI=1S/C47H59N3O11/c1-27(2)18-35(46(56)49-24-29-19-32(26-49)36-16-11-17-41(54)50(36)25-29)48-40(53)23-34(31-21-38(58-4)45(60-6)39(22-31)59-5)43-37(52)20-30-13-8-7-9-14-33(51)15-10-12-28(3)61-47(57)42(30)44(43)55/h8,11,13,16-17,20-22,27-29,32,34-35,52,55H,7,9-10,12,14-15,18-19,23-26H2,1-6H3,(H,48,53)/b13-8+/t28-,29+,32-,34?,35-/m0/s1. The van der Waals surface area contributed by atoms with Gasteiger partial charge >= 0.3 is 5.97 Å². The van der Waals surface area contributed by atoms with E-state index < -0.39 is 41.4 Å². The van der Waals surface area contributed by atoms with Crippen molar-refractivity contribution in [2.24, 2.45) is 11.8 Å². The first-order valence-corrected chi connectivity index (χ1v) is 21.3. The number of nitrogens with one attached hydrogen (secondary N) is 1. The predicted octanol–water partition coefficient (Wildman–Crippen LogP) is 6.47. The molecule has 0 saturated carbocycles. The molecule has 3 aliphatic rings. The van der Waals surface area contributed by atoms with Crippen molar-refractivity contribution >= 4 is 29.6 Å². The van der Waals surface area contributed by atoms with Crippen LogP contribution in [0.15, 0.2) is 47.3 Å². The maximum absolute atomic E-state index is 14.5. The fourth-order valence-electron chi connectivity index (χ4n) is 9.14. The molecule has 2 amide bonds. The maximum atomic E-state index is 14.5. The van der Waals surface area contributed by atoms with Crippen LogP contribution in [0.2, 0.25) is 0 Å². The molecular weight excluding hydrogens is 783 g/mol. The highest BCUT2D eigenvalue weighted by atomic mass is 16.5. The first-order valence-electron chi connectivity index (χ1n) is 21.3. The summed E-state index contributed by atoms with van der Waals surface area (Å²) in [6, 6.07) is 8.93. The zero-order valence-corrected chi connectivity index (χ0v) is 36.0. The molecule has 14 nitrogen and oxygen atoms in total. The highest BCUT2D eigenvalue weighted by Crippen LogP contribution is 2.48. The van der Waals surface area contributed by atoms with Crippen molar-refractivity contribution in [3.05, 3.63) is 80.8 Å². The minimum atomic E-state index is -1.12. The fourth-order valence-corrected chi connectivity index (χ4v) is 9.14. The van der Waals surface area contributed by atoms with Crippen molar-refractivity contribution in [3.63, 3.8) is 0 Å². The second-order valence-corrected chi connectivity index (χ2v) is 17.0. The number of amides is 2. The first kappa shape index (κ1) is 44.8. The molecule has 1 unspecified atom stereocenters. The van der Waals surface area contributed by atoms with Crippen LogP contribution >= 0.6 is 0 Å². The number of Topliss-reactive ketones (excluding diaryl/α,β-unsaturated/α-hetero) is 1. The van der Waals surface area contributed by atoms with Gasteiger partial charge in [-0.05, 0) is 92.7 Å². The second-order valence-electron chi connectivity index (χ2n) is 17.0. The average Bonchev–Trinajstić information content (AvgIpc) is 3.21. The Hall–Kier alpha value is -5.79. The van der Waals surface area contributed by atoms with Crippen molar-refractivity contribution in [1.29, 1.82) is 0 Å². The number of nitrogens with zero attached hydrogens (tertiary/aromatic N) is 2. The van der Waals surface area contributed by atoms with Gasteiger partial charge in [-0.2, -0.15) is 0 Å². The van der Waals surface area contributed by atoms with Gasteiger partial charge in [-0.25, -0.2) is 4.79 Å². The third-order valence-electron chi connectivity index (χ3n) is 12.0. The van der Waals surface area contributed by atoms with Crippen LogP contribution in [0.5, 0.6) is 28.7 Å². The lowest BCUT2D eigenvalue weighted by atomic mass is 9.82. The van der Waals surface area contributed by atoms with Gasteiger partial charge in [-0.15, -0.1) is 0 Å². The number of cyclic esters (lactones) is 1. The van der Waals surface area contributed by atoms with Crippen molar-refractivity contribution < 1.29 is 48.3 Å². The van der Waals surface area contributed by atoms with Gasteiger partial charge in [0.15, 0.2) is 11.5 Å². The average molecular weight is 842 g/mol. The molecule has 3 aliphatic heterocycles. The normalized spacial score (nSPS) is 20.9. The van der Waals surface area contributed by atoms with Crippen LogP contribution < -0.4 is 25.1 Å². The molecule has 14 heteroatoms. The van der Waals surface area contributed by atoms with Crippen LogP contribution in [0.25, 0.3) is 6.08 Å². The second kappa shape index (κ2) is 19.7. The number of hydrogen-bond acceptors (Lipinski definition) is 11. The summed E-state index contributed by atoms with van der Waals surface area (Å²) in [5.41, 5.74) is 1.14. The van der Waals surface area contributed by atoms with E-state index in [2.05, 4.69) is 5.32 Å². The number of carbonyl (C=O) groups excluding carboxylic acids is 4.